The Labute approximate surface area is 80.1 Å². The fourth-order valence-corrected chi connectivity index (χ4v) is 1.37. The summed E-state index contributed by atoms with van der Waals surface area (Å²) in [7, 11) is 0. The predicted octanol–water partition coefficient (Wildman–Crippen LogP) is 0.888. The van der Waals surface area contributed by atoms with Crippen molar-refractivity contribution in [2.75, 3.05) is 13.1 Å². The zero-order valence-corrected chi connectivity index (χ0v) is 8.60. The first-order valence-electron chi connectivity index (χ1n) is 5.03. The highest BCUT2D eigenvalue weighted by atomic mass is 16.1. The van der Waals surface area contributed by atoms with Crippen LogP contribution in [0.25, 0.3) is 0 Å². The lowest BCUT2D eigenvalue weighted by molar-refractivity contribution is -0.125. The van der Waals surface area contributed by atoms with E-state index in [1.165, 1.54) is 19.3 Å². The van der Waals surface area contributed by atoms with E-state index >= 15 is 0 Å². The van der Waals surface area contributed by atoms with Crippen molar-refractivity contribution in [1.82, 2.24) is 5.32 Å². The fourth-order valence-electron chi connectivity index (χ4n) is 1.37. The summed E-state index contributed by atoms with van der Waals surface area (Å²) >= 11 is 0. The molecule has 1 fully saturated rings. The summed E-state index contributed by atoms with van der Waals surface area (Å²) in [5.74, 6) is 0.609. The average molecular weight is 184 g/mol. The Morgan fingerprint density at radius 3 is 2.54 bits per heavy atom. The molecule has 0 aromatic rings. The highest BCUT2D eigenvalue weighted by Crippen LogP contribution is 2.25. The molecule has 3 N–H and O–H groups in total. The van der Waals surface area contributed by atoms with Gasteiger partial charge < -0.3 is 11.1 Å². The van der Waals surface area contributed by atoms with E-state index in [-0.39, 0.29) is 5.91 Å². The summed E-state index contributed by atoms with van der Waals surface area (Å²) in [6, 6.07) is 0. The topological polar surface area (TPSA) is 55.1 Å². The highest BCUT2D eigenvalue weighted by Gasteiger charge is 2.25. The molecule has 0 unspecified atom stereocenters. The highest BCUT2D eigenvalue weighted by molar-refractivity contribution is 5.80. The minimum absolute atomic E-state index is 0.228. The fraction of sp³-hybridized carbons (Fsp3) is 0.900. The smallest absolute Gasteiger partial charge is 0.224 e. The molecular formula is C10H20N2O. The molecule has 0 spiro atoms. The van der Waals surface area contributed by atoms with Gasteiger partial charge >= 0.3 is 0 Å². The minimum Gasteiger partial charge on any atom is -0.369 e. The van der Waals surface area contributed by atoms with Crippen LogP contribution in [0.3, 0.4) is 0 Å². The van der Waals surface area contributed by atoms with Gasteiger partial charge in [0.1, 0.15) is 0 Å². The van der Waals surface area contributed by atoms with Crippen LogP contribution in [0.5, 0.6) is 0 Å². The van der Waals surface area contributed by atoms with E-state index in [2.05, 4.69) is 5.32 Å². The third kappa shape index (κ3) is 2.99. The number of carbonyl (C=O) groups excluding carboxylic acids is 1. The van der Waals surface area contributed by atoms with Crippen LogP contribution in [0.2, 0.25) is 0 Å². The van der Waals surface area contributed by atoms with Gasteiger partial charge in [-0.15, -0.1) is 0 Å². The van der Waals surface area contributed by atoms with Gasteiger partial charge in [-0.1, -0.05) is 6.42 Å². The number of amides is 1. The summed E-state index contributed by atoms with van der Waals surface area (Å²) in [6.07, 6.45) is 4.04. The maximum atomic E-state index is 11.0. The quantitative estimate of drug-likeness (QED) is 0.666. The molecule has 0 bridgehead atoms. The Kier molecular flexibility index (Phi) is 3.31. The van der Waals surface area contributed by atoms with Gasteiger partial charge in [0.2, 0.25) is 5.91 Å². The van der Waals surface area contributed by atoms with Gasteiger partial charge in [0, 0.05) is 6.54 Å². The summed E-state index contributed by atoms with van der Waals surface area (Å²) < 4.78 is 0. The van der Waals surface area contributed by atoms with E-state index in [1.807, 2.05) is 13.8 Å². The molecule has 0 saturated heterocycles. The zero-order valence-electron chi connectivity index (χ0n) is 8.60. The number of nitrogens with one attached hydrogen (secondary N) is 1. The molecule has 76 valence electrons. The van der Waals surface area contributed by atoms with Crippen LogP contribution >= 0.6 is 0 Å². The van der Waals surface area contributed by atoms with E-state index in [0.717, 1.165) is 12.5 Å². The first kappa shape index (κ1) is 10.5. The van der Waals surface area contributed by atoms with E-state index in [1.54, 1.807) is 0 Å². The molecular weight excluding hydrogens is 164 g/mol. The maximum absolute atomic E-state index is 11.0. The molecule has 1 saturated carbocycles. The lowest BCUT2D eigenvalue weighted by atomic mass is 9.85. The summed E-state index contributed by atoms with van der Waals surface area (Å²) in [5, 5.41) is 3.31. The summed E-state index contributed by atoms with van der Waals surface area (Å²) in [4.78, 5) is 11.0. The molecule has 3 heteroatoms. The van der Waals surface area contributed by atoms with Crippen molar-refractivity contribution in [3.63, 3.8) is 0 Å². The van der Waals surface area contributed by atoms with Gasteiger partial charge in [0.15, 0.2) is 0 Å². The van der Waals surface area contributed by atoms with E-state index in [9.17, 15) is 4.79 Å². The first-order chi connectivity index (χ1) is 6.02. The molecule has 1 aliphatic rings. The van der Waals surface area contributed by atoms with Gasteiger partial charge in [-0.05, 0) is 39.2 Å². The normalized spacial score (nSPS) is 18.3. The predicted molar refractivity (Wildman–Crippen MR) is 53.2 cm³/mol. The van der Waals surface area contributed by atoms with Crippen LogP contribution in [0.4, 0.5) is 0 Å². The second-order valence-electron chi connectivity index (χ2n) is 4.68. The Morgan fingerprint density at radius 1 is 1.54 bits per heavy atom. The molecule has 0 aliphatic heterocycles. The number of carbonyl (C=O) groups is 1. The van der Waals surface area contributed by atoms with Gasteiger partial charge in [-0.2, -0.15) is 0 Å². The Morgan fingerprint density at radius 2 is 2.15 bits per heavy atom. The van der Waals surface area contributed by atoms with Crippen LogP contribution in [0, 0.1) is 11.3 Å². The largest absolute Gasteiger partial charge is 0.369 e. The molecule has 0 radical (unpaired) electrons. The number of primary amides is 1. The monoisotopic (exact) mass is 184 g/mol. The summed E-state index contributed by atoms with van der Waals surface area (Å²) in [5.41, 5.74) is 4.84. The van der Waals surface area contributed by atoms with Gasteiger partial charge in [-0.3, -0.25) is 4.79 Å². The molecule has 3 nitrogen and oxygen atoms in total. The Balaban J connectivity index is 2.13. The Hall–Kier alpha value is -0.570. The second-order valence-corrected chi connectivity index (χ2v) is 4.68. The minimum atomic E-state index is -0.413. The van der Waals surface area contributed by atoms with Gasteiger partial charge in [0.05, 0.1) is 5.41 Å². The molecule has 0 heterocycles. The molecule has 0 atom stereocenters. The van der Waals surface area contributed by atoms with Crippen LogP contribution in [-0.2, 0) is 4.79 Å². The van der Waals surface area contributed by atoms with Crippen molar-refractivity contribution in [3.8, 4) is 0 Å². The van der Waals surface area contributed by atoms with Crippen molar-refractivity contribution in [3.05, 3.63) is 0 Å². The molecule has 1 amide bonds. The molecule has 13 heavy (non-hydrogen) atoms. The molecule has 1 aliphatic carbocycles. The lowest BCUT2D eigenvalue weighted by Gasteiger charge is -2.28. The van der Waals surface area contributed by atoms with E-state index in [0.29, 0.717) is 6.54 Å². The standard InChI is InChI=1S/C10H20N2O/c1-10(2,9(11)13)7-12-6-8-4-3-5-8/h8,12H,3-7H2,1-2H3,(H2,11,13). The SMILES string of the molecule is CC(C)(CNCC1CCC1)C(N)=O. The van der Waals surface area contributed by atoms with Crippen molar-refractivity contribution in [2.24, 2.45) is 17.1 Å². The van der Waals surface area contributed by atoms with Gasteiger partial charge in [0.25, 0.3) is 0 Å². The van der Waals surface area contributed by atoms with Crippen molar-refractivity contribution < 1.29 is 4.79 Å². The van der Waals surface area contributed by atoms with Crippen LogP contribution in [-0.4, -0.2) is 19.0 Å². The van der Waals surface area contributed by atoms with Crippen molar-refractivity contribution in [2.45, 2.75) is 33.1 Å². The summed E-state index contributed by atoms with van der Waals surface area (Å²) in [6.45, 7) is 5.49. The third-order valence-corrected chi connectivity index (χ3v) is 2.89. The van der Waals surface area contributed by atoms with Crippen molar-refractivity contribution >= 4 is 5.91 Å². The number of rotatable bonds is 5. The molecule has 0 aromatic carbocycles. The third-order valence-electron chi connectivity index (χ3n) is 2.89. The molecule has 1 rings (SSSR count). The van der Waals surface area contributed by atoms with E-state index < -0.39 is 5.41 Å². The Bertz CT molecular complexity index is 185. The van der Waals surface area contributed by atoms with Crippen LogP contribution < -0.4 is 11.1 Å². The van der Waals surface area contributed by atoms with Crippen molar-refractivity contribution in [1.29, 1.82) is 0 Å². The van der Waals surface area contributed by atoms with E-state index in [4.69, 9.17) is 5.73 Å². The first-order valence-corrected chi connectivity index (χ1v) is 5.03. The lowest BCUT2D eigenvalue weighted by Crippen LogP contribution is -2.42. The number of nitrogens with two attached hydrogens (primary N) is 1. The maximum Gasteiger partial charge on any atom is 0.224 e. The van der Waals surface area contributed by atoms with Crippen LogP contribution in [0.15, 0.2) is 0 Å². The number of hydrogen-bond donors (Lipinski definition) is 2. The average Bonchev–Trinajstić information content (AvgIpc) is 1.94. The van der Waals surface area contributed by atoms with Gasteiger partial charge in [-0.25, -0.2) is 0 Å². The number of hydrogen-bond acceptors (Lipinski definition) is 2. The zero-order chi connectivity index (χ0) is 9.90. The second kappa shape index (κ2) is 4.09. The molecule has 0 aromatic heterocycles. The van der Waals surface area contributed by atoms with Crippen LogP contribution in [0.1, 0.15) is 33.1 Å².